The fourth-order valence-electron chi connectivity index (χ4n) is 3.26. The highest BCUT2D eigenvalue weighted by atomic mass is 32.2. The molecule has 2 N–H and O–H groups in total. The van der Waals surface area contributed by atoms with Crippen LogP contribution in [-0.4, -0.2) is 27.2 Å². The summed E-state index contributed by atoms with van der Waals surface area (Å²) >= 11 is 0. The molecule has 3 rings (SSSR count). The van der Waals surface area contributed by atoms with Gasteiger partial charge in [0.25, 0.3) is 0 Å². The molecular formula is C19H23NO4S. The van der Waals surface area contributed by atoms with E-state index >= 15 is 0 Å². The third kappa shape index (κ3) is 3.71. The molecule has 2 aromatic rings. The second-order valence-electron chi connectivity index (χ2n) is 6.55. The van der Waals surface area contributed by atoms with E-state index in [2.05, 4.69) is 4.72 Å². The first kappa shape index (κ1) is 17.9. The van der Waals surface area contributed by atoms with Crippen LogP contribution >= 0.6 is 0 Å². The summed E-state index contributed by atoms with van der Waals surface area (Å²) in [5.41, 5.74) is 1.55. The Labute approximate surface area is 148 Å². The third-order valence-electron chi connectivity index (χ3n) is 4.74. The fraction of sp³-hybridized carbons (Fsp3) is 0.368. The van der Waals surface area contributed by atoms with Crippen molar-refractivity contribution in [2.24, 2.45) is 0 Å². The molecule has 0 fully saturated rings. The van der Waals surface area contributed by atoms with Crippen molar-refractivity contribution in [1.82, 2.24) is 4.72 Å². The first-order chi connectivity index (χ1) is 11.8. The summed E-state index contributed by atoms with van der Waals surface area (Å²) in [5, 5.41) is 11.1. The molecule has 0 saturated heterocycles. The summed E-state index contributed by atoms with van der Waals surface area (Å²) in [6.07, 6.45) is 2.16. The molecule has 0 amide bonds. The quantitative estimate of drug-likeness (QED) is 0.858. The fourth-order valence-corrected chi connectivity index (χ4v) is 4.35. The van der Waals surface area contributed by atoms with Crippen molar-refractivity contribution < 1.29 is 18.3 Å². The van der Waals surface area contributed by atoms with Crippen molar-refractivity contribution in [3.05, 3.63) is 59.2 Å². The zero-order valence-corrected chi connectivity index (χ0v) is 15.3. The van der Waals surface area contributed by atoms with Crippen molar-refractivity contribution in [3.8, 4) is 5.75 Å². The normalized spacial score (nSPS) is 20.1. The van der Waals surface area contributed by atoms with Gasteiger partial charge in [-0.2, -0.15) is 0 Å². The van der Waals surface area contributed by atoms with Crippen LogP contribution in [0.3, 0.4) is 0 Å². The molecule has 25 heavy (non-hydrogen) atoms. The van der Waals surface area contributed by atoms with Gasteiger partial charge >= 0.3 is 0 Å². The van der Waals surface area contributed by atoms with Crippen LogP contribution in [0, 0.1) is 6.92 Å². The van der Waals surface area contributed by atoms with Gasteiger partial charge in [-0.05, 0) is 61.6 Å². The maximum Gasteiger partial charge on any atom is 0.240 e. The van der Waals surface area contributed by atoms with Crippen molar-refractivity contribution >= 4 is 10.0 Å². The molecule has 0 radical (unpaired) electrons. The monoisotopic (exact) mass is 361 g/mol. The van der Waals surface area contributed by atoms with Crippen molar-refractivity contribution in [2.45, 2.75) is 36.7 Å². The Bertz CT molecular complexity index is 861. The van der Waals surface area contributed by atoms with E-state index < -0.39 is 15.6 Å². The Morgan fingerprint density at radius 1 is 1.20 bits per heavy atom. The number of hydrogen-bond donors (Lipinski definition) is 2. The molecule has 1 aliphatic carbocycles. The van der Waals surface area contributed by atoms with Gasteiger partial charge in [0, 0.05) is 6.54 Å². The van der Waals surface area contributed by atoms with Gasteiger partial charge in [-0.25, -0.2) is 13.1 Å². The molecule has 0 aromatic heterocycles. The average Bonchev–Trinajstić information content (AvgIpc) is 2.60. The molecule has 1 unspecified atom stereocenters. The molecule has 5 nitrogen and oxygen atoms in total. The van der Waals surface area contributed by atoms with Crippen LogP contribution in [-0.2, 0) is 22.0 Å². The number of fused-ring (bicyclic) bond motifs is 1. The summed E-state index contributed by atoms with van der Waals surface area (Å²) in [4.78, 5) is 0.201. The summed E-state index contributed by atoms with van der Waals surface area (Å²) in [5.74, 6) is 0.739. The van der Waals surface area contributed by atoms with E-state index in [1.54, 1.807) is 37.4 Å². The minimum Gasteiger partial charge on any atom is -0.497 e. The average molecular weight is 361 g/mol. The number of benzene rings is 2. The second-order valence-corrected chi connectivity index (χ2v) is 8.31. The van der Waals surface area contributed by atoms with Crippen LogP contribution in [0.1, 0.15) is 29.5 Å². The molecule has 0 aliphatic heterocycles. The number of nitrogens with one attached hydrogen (secondary N) is 1. The lowest BCUT2D eigenvalue weighted by molar-refractivity contribution is 0.0242. The van der Waals surface area contributed by atoms with Gasteiger partial charge < -0.3 is 9.84 Å². The van der Waals surface area contributed by atoms with Gasteiger partial charge in [-0.1, -0.05) is 23.8 Å². The maximum atomic E-state index is 12.5. The molecule has 0 heterocycles. The minimum atomic E-state index is -3.66. The number of ether oxygens (including phenoxy) is 1. The van der Waals surface area contributed by atoms with E-state index in [9.17, 15) is 13.5 Å². The van der Waals surface area contributed by atoms with Crippen LogP contribution < -0.4 is 9.46 Å². The molecule has 0 saturated carbocycles. The summed E-state index contributed by atoms with van der Waals surface area (Å²) < 4.78 is 32.8. The first-order valence-electron chi connectivity index (χ1n) is 8.30. The van der Waals surface area contributed by atoms with E-state index in [4.69, 9.17) is 4.74 Å². The Balaban J connectivity index is 1.82. The molecule has 0 bridgehead atoms. The Morgan fingerprint density at radius 2 is 1.92 bits per heavy atom. The van der Waals surface area contributed by atoms with Gasteiger partial charge in [0.1, 0.15) is 11.4 Å². The molecule has 134 valence electrons. The Morgan fingerprint density at radius 3 is 2.60 bits per heavy atom. The zero-order valence-electron chi connectivity index (χ0n) is 14.5. The Kier molecular flexibility index (Phi) is 4.86. The van der Waals surface area contributed by atoms with E-state index in [1.807, 2.05) is 19.1 Å². The predicted molar refractivity (Wildman–Crippen MR) is 96.2 cm³/mol. The van der Waals surface area contributed by atoms with Crippen LogP contribution in [0.2, 0.25) is 0 Å². The number of methoxy groups -OCH3 is 1. The number of aliphatic hydroxyl groups is 1. The zero-order chi connectivity index (χ0) is 18.1. The van der Waals surface area contributed by atoms with Crippen LogP contribution in [0.4, 0.5) is 0 Å². The SMILES string of the molecule is COc1ccc2c(c1)CCCC2(O)CNS(=O)(=O)c1ccc(C)cc1. The van der Waals surface area contributed by atoms with E-state index in [1.165, 1.54) is 0 Å². The lowest BCUT2D eigenvalue weighted by Gasteiger charge is -2.34. The molecule has 0 spiro atoms. The van der Waals surface area contributed by atoms with Gasteiger partial charge in [-0.3, -0.25) is 0 Å². The smallest absolute Gasteiger partial charge is 0.240 e. The minimum absolute atomic E-state index is 0.0530. The highest BCUT2D eigenvalue weighted by Crippen LogP contribution is 2.36. The standard InChI is InChI=1S/C19H23NO4S/c1-14-5-8-17(9-6-14)25(22,23)20-13-19(21)11-3-4-15-12-16(24-2)7-10-18(15)19/h5-10,12,20-21H,3-4,11,13H2,1-2H3. The molecular weight excluding hydrogens is 338 g/mol. The first-order valence-corrected chi connectivity index (χ1v) is 9.78. The van der Waals surface area contributed by atoms with E-state index in [-0.39, 0.29) is 11.4 Å². The van der Waals surface area contributed by atoms with Gasteiger partial charge in [0.05, 0.1) is 12.0 Å². The highest BCUT2D eigenvalue weighted by Gasteiger charge is 2.35. The summed E-state index contributed by atoms with van der Waals surface area (Å²) in [6.45, 7) is 1.85. The highest BCUT2D eigenvalue weighted by molar-refractivity contribution is 7.89. The maximum absolute atomic E-state index is 12.5. The molecule has 1 aliphatic rings. The topological polar surface area (TPSA) is 75.6 Å². The molecule has 6 heteroatoms. The Hall–Kier alpha value is -1.89. The largest absolute Gasteiger partial charge is 0.497 e. The lowest BCUT2D eigenvalue weighted by Crippen LogP contribution is -2.42. The predicted octanol–water partition coefficient (Wildman–Crippen LogP) is 2.51. The number of hydrogen-bond acceptors (Lipinski definition) is 4. The number of aryl methyl sites for hydroxylation is 2. The van der Waals surface area contributed by atoms with E-state index in [0.29, 0.717) is 6.42 Å². The van der Waals surface area contributed by atoms with Crippen LogP contribution in [0.15, 0.2) is 47.4 Å². The van der Waals surface area contributed by atoms with Gasteiger partial charge in [0.2, 0.25) is 10.0 Å². The van der Waals surface area contributed by atoms with Crippen molar-refractivity contribution in [3.63, 3.8) is 0 Å². The van der Waals surface area contributed by atoms with Crippen LogP contribution in [0.5, 0.6) is 5.75 Å². The number of sulfonamides is 1. The van der Waals surface area contributed by atoms with Crippen LogP contribution in [0.25, 0.3) is 0 Å². The van der Waals surface area contributed by atoms with Gasteiger partial charge in [-0.15, -0.1) is 0 Å². The van der Waals surface area contributed by atoms with Gasteiger partial charge in [0.15, 0.2) is 0 Å². The summed E-state index contributed by atoms with van der Waals surface area (Å²) in [6, 6.07) is 12.2. The lowest BCUT2D eigenvalue weighted by atomic mass is 9.79. The second kappa shape index (κ2) is 6.78. The van der Waals surface area contributed by atoms with E-state index in [0.717, 1.165) is 35.3 Å². The summed E-state index contributed by atoms with van der Waals surface area (Å²) in [7, 11) is -2.06. The molecule has 1 atom stereocenters. The third-order valence-corrected chi connectivity index (χ3v) is 6.15. The number of rotatable bonds is 5. The van der Waals surface area contributed by atoms with Crippen molar-refractivity contribution in [2.75, 3.05) is 13.7 Å². The van der Waals surface area contributed by atoms with Crippen molar-refractivity contribution in [1.29, 1.82) is 0 Å². The molecule has 2 aromatic carbocycles.